The van der Waals surface area contributed by atoms with Crippen LogP contribution in [-0.2, 0) is 4.79 Å². The second-order valence-electron chi connectivity index (χ2n) is 6.21. The Kier molecular flexibility index (Phi) is 5.73. The zero-order chi connectivity index (χ0) is 17.1. The minimum Gasteiger partial charge on any atom is -0.357 e. The van der Waals surface area contributed by atoms with Gasteiger partial charge in [0, 0.05) is 13.1 Å². The average molecular weight is 380 g/mol. The Morgan fingerprint density at radius 3 is 2.92 bits per heavy atom. The highest BCUT2D eigenvalue weighted by atomic mass is 32.2. The third kappa shape index (κ3) is 4.26. The van der Waals surface area contributed by atoms with Crippen LogP contribution in [0.3, 0.4) is 0 Å². The molecular formula is C17H21N3OS3. The van der Waals surface area contributed by atoms with Gasteiger partial charge in [-0.2, -0.15) is 0 Å². The van der Waals surface area contributed by atoms with Crippen LogP contribution in [0.15, 0.2) is 18.2 Å². The molecule has 0 saturated carbocycles. The van der Waals surface area contributed by atoms with Gasteiger partial charge in [-0.15, -0.1) is 0 Å². The molecule has 2 heterocycles. The Bertz CT molecular complexity index is 751. The fourth-order valence-electron chi connectivity index (χ4n) is 2.70. The monoisotopic (exact) mass is 379 g/mol. The number of amides is 1. The Labute approximate surface area is 156 Å². The summed E-state index contributed by atoms with van der Waals surface area (Å²) in [6, 6.07) is 6.06. The first-order valence-electron chi connectivity index (χ1n) is 8.10. The third-order valence-electron chi connectivity index (χ3n) is 4.24. The summed E-state index contributed by atoms with van der Waals surface area (Å²) >= 11 is 8.41. The van der Waals surface area contributed by atoms with E-state index in [0.717, 1.165) is 39.1 Å². The Balaban J connectivity index is 1.51. The number of hydrogen-bond acceptors (Lipinski definition) is 5. The predicted molar refractivity (Wildman–Crippen MR) is 108 cm³/mol. The van der Waals surface area contributed by atoms with E-state index in [-0.39, 0.29) is 5.91 Å². The van der Waals surface area contributed by atoms with E-state index >= 15 is 0 Å². The molecule has 0 spiro atoms. The zero-order valence-corrected chi connectivity index (χ0v) is 16.3. The Morgan fingerprint density at radius 2 is 2.21 bits per heavy atom. The molecule has 2 aromatic rings. The van der Waals surface area contributed by atoms with Gasteiger partial charge in [0.2, 0.25) is 5.91 Å². The first-order valence-corrected chi connectivity index (χ1v) is 10.3. The molecule has 0 unspecified atom stereocenters. The predicted octanol–water partition coefficient (Wildman–Crippen LogP) is 4.29. The van der Waals surface area contributed by atoms with Gasteiger partial charge in [-0.1, -0.05) is 54.4 Å². The number of rotatable bonds is 3. The molecule has 1 fully saturated rings. The Morgan fingerprint density at radius 1 is 1.46 bits per heavy atom. The number of likely N-dealkylation sites (tertiary alicyclic amines) is 1. The lowest BCUT2D eigenvalue weighted by Gasteiger charge is -2.31. The van der Waals surface area contributed by atoms with Gasteiger partial charge in [-0.05, 0) is 37.3 Å². The van der Waals surface area contributed by atoms with E-state index < -0.39 is 0 Å². The number of thiocarbonyl (C=S) groups is 1. The number of nitrogens with one attached hydrogen (secondary N) is 1. The molecule has 7 heteroatoms. The number of thioether (sulfide) groups is 1. The van der Waals surface area contributed by atoms with Crippen molar-refractivity contribution < 1.29 is 4.79 Å². The highest BCUT2D eigenvalue weighted by Crippen LogP contribution is 2.28. The highest BCUT2D eigenvalue weighted by molar-refractivity contribution is 8.23. The van der Waals surface area contributed by atoms with Crippen LogP contribution in [0.25, 0.3) is 10.2 Å². The second-order valence-corrected chi connectivity index (χ2v) is 8.85. The number of fused-ring (bicyclic) bond motifs is 1. The van der Waals surface area contributed by atoms with Crippen LogP contribution in [0, 0.1) is 12.8 Å². The van der Waals surface area contributed by atoms with E-state index in [4.69, 9.17) is 12.2 Å². The number of aryl methyl sites for hydroxylation is 1. The molecule has 1 aromatic heterocycles. The summed E-state index contributed by atoms with van der Waals surface area (Å²) in [5, 5.41) is 3.55. The molecule has 0 radical (unpaired) electrons. The second kappa shape index (κ2) is 7.80. The standard InChI is InChI=1S/C17H21N3OS3/c1-11-6-8-20(9-7-11)17(22)23-10-14(21)18-16-19-15-12(2)4-3-5-13(15)24-16/h3-5,11H,6-10H2,1-2H3,(H,18,19,21). The number of para-hydroxylation sites is 1. The molecule has 1 N–H and O–H groups in total. The van der Waals surface area contributed by atoms with Crippen molar-refractivity contribution in [3.05, 3.63) is 23.8 Å². The summed E-state index contributed by atoms with van der Waals surface area (Å²) in [5.74, 6) is 1.06. The number of aromatic nitrogens is 1. The molecule has 24 heavy (non-hydrogen) atoms. The third-order valence-corrected chi connectivity index (χ3v) is 6.70. The molecule has 128 valence electrons. The van der Waals surface area contributed by atoms with E-state index in [1.807, 2.05) is 25.1 Å². The maximum atomic E-state index is 12.2. The SMILES string of the molecule is Cc1cccc2sc(NC(=O)CSC(=S)N3CCC(C)CC3)nc12. The molecule has 1 aliphatic heterocycles. The lowest BCUT2D eigenvalue weighted by Crippen LogP contribution is -2.36. The van der Waals surface area contributed by atoms with Gasteiger partial charge in [0.15, 0.2) is 5.13 Å². The van der Waals surface area contributed by atoms with Gasteiger partial charge in [-0.3, -0.25) is 4.79 Å². The fraction of sp³-hybridized carbons (Fsp3) is 0.471. The average Bonchev–Trinajstić information content (AvgIpc) is 2.97. The zero-order valence-electron chi connectivity index (χ0n) is 13.9. The van der Waals surface area contributed by atoms with Crippen LogP contribution in [-0.4, -0.2) is 39.0 Å². The van der Waals surface area contributed by atoms with E-state index in [2.05, 4.69) is 22.1 Å². The van der Waals surface area contributed by atoms with Crippen molar-refractivity contribution in [2.75, 3.05) is 24.2 Å². The van der Waals surface area contributed by atoms with Gasteiger partial charge in [-0.25, -0.2) is 4.98 Å². The van der Waals surface area contributed by atoms with Crippen LogP contribution in [0.5, 0.6) is 0 Å². The van der Waals surface area contributed by atoms with Crippen LogP contribution in [0.4, 0.5) is 5.13 Å². The molecule has 1 amide bonds. The quantitative estimate of drug-likeness (QED) is 0.806. The topological polar surface area (TPSA) is 45.2 Å². The number of carbonyl (C=O) groups is 1. The molecule has 1 aliphatic rings. The number of benzene rings is 1. The first-order chi connectivity index (χ1) is 11.5. The summed E-state index contributed by atoms with van der Waals surface area (Å²) in [6.45, 7) is 6.32. The molecule has 0 bridgehead atoms. The molecular weight excluding hydrogens is 358 g/mol. The first kappa shape index (κ1) is 17.6. The number of hydrogen-bond donors (Lipinski definition) is 1. The molecule has 1 saturated heterocycles. The summed E-state index contributed by atoms with van der Waals surface area (Å²) < 4.78 is 1.92. The lowest BCUT2D eigenvalue weighted by atomic mass is 10.00. The maximum absolute atomic E-state index is 12.2. The smallest absolute Gasteiger partial charge is 0.236 e. The number of piperidine rings is 1. The van der Waals surface area contributed by atoms with Gasteiger partial charge in [0.05, 0.1) is 16.0 Å². The molecule has 0 aliphatic carbocycles. The minimum absolute atomic E-state index is 0.0514. The van der Waals surface area contributed by atoms with Crippen molar-refractivity contribution in [2.24, 2.45) is 5.92 Å². The molecule has 0 atom stereocenters. The summed E-state index contributed by atoms with van der Waals surface area (Å²) in [7, 11) is 0. The van der Waals surface area contributed by atoms with Gasteiger partial charge >= 0.3 is 0 Å². The van der Waals surface area contributed by atoms with Crippen LogP contribution in [0.1, 0.15) is 25.3 Å². The molecule has 1 aromatic carbocycles. The maximum Gasteiger partial charge on any atom is 0.236 e. The largest absolute Gasteiger partial charge is 0.357 e. The van der Waals surface area contributed by atoms with Crippen molar-refractivity contribution >= 4 is 60.9 Å². The van der Waals surface area contributed by atoms with Crippen LogP contribution < -0.4 is 5.32 Å². The van der Waals surface area contributed by atoms with Gasteiger partial charge in [0.25, 0.3) is 0 Å². The van der Waals surface area contributed by atoms with Crippen LogP contribution >= 0.6 is 35.3 Å². The van der Waals surface area contributed by atoms with Crippen LogP contribution in [0.2, 0.25) is 0 Å². The molecule has 3 rings (SSSR count). The highest BCUT2D eigenvalue weighted by Gasteiger charge is 2.19. The summed E-state index contributed by atoms with van der Waals surface area (Å²) in [4.78, 5) is 18.9. The number of carbonyl (C=O) groups excluding carboxylic acids is 1. The van der Waals surface area contributed by atoms with Crippen molar-refractivity contribution in [1.82, 2.24) is 9.88 Å². The normalized spacial score (nSPS) is 15.7. The van der Waals surface area contributed by atoms with Crippen molar-refractivity contribution in [3.8, 4) is 0 Å². The summed E-state index contributed by atoms with van der Waals surface area (Å²) in [6.07, 6.45) is 2.36. The Hall–Kier alpha value is -1.18. The van der Waals surface area contributed by atoms with E-state index in [1.165, 1.54) is 35.9 Å². The fourth-order valence-corrected chi connectivity index (χ4v) is 4.72. The number of thiazole rings is 1. The van der Waals surface area contributed by atoms with Crippen molar-refractivity contribution in [1.29, 1.82) is 0 Å². The van der Waals surface area contributed by atoms with Gasteiger partial charge in [0.1, 0.15) is 4.32 Å². The van der Waals surface area contributed by atoms with Crippen molar-refractivity contribution in [2.45, 2.75) is 26.7 Å². The lowest BCUT2D eigenvalue weighted by molar-refractivity contribution is -0.113. The minimum atomic E-state index is -0.0514. The summed E-state index contributed by atoms with van der Waals surface area (Å²) in [5.41, 5.74) is 2.09. The van der Waals surface area contributed by atoms with E-state index in [9.17, 15) is 4.79 Å². The van der Waals surface area contributed by atoms with Gasteiger partial charge < -0.3 is 10.2 Å². The van der Waals surface area contributed by atoms with Crippen molar-refractivity contribution in [3.63, 3.8) is 0 Å². The number of nitrogens with zero attached hydrogens (tertiary/aromatic N) is 2. The number of anilines is 1. The molecule has 4 nitrogen and oxygen atoms in total. The van der Waals surface area contributed by atoms with E-state index in [0.29, 0.717) is 10.9 Å². The van der Waals surface area contributed by atoms with E-state index in [1.54, 1.807) is 0 Å².